The molecule has 0 aliphatic carbocycles. The minimum atomic E-state index is -0.0409. The second-order valence-electron chi connectivity index (χ2n) is 5.20. The number of carbonyl (C=O) groups is 1. The predicted molar refractivity (Wildman–Crippen MR) is 74.7 cm³/mol. The zero-order chi connectivity index (χ0) is 13.8. The van der Waals surface area contributed by atoms with E-state index in [1.165, 1.54) is 0 Å². The molecule has 0 radical (unpaired) electrons. The second-order valence-corrected chi connectivity index (χ2v) is 5.20. The lowest BCUT2D eigenvalue weighted by molar-refractivity contribution is 0.108. The lowest BCUT2D eigenvalue weighted by Gasteiger charge is -2.21. The monoisotopic (exact) mass is 276 g/mol. The summed E-state index contributed by atoms with van der Waals surface area (Å²) in [7, 11) is 0. The number of carbonyl (C=O) groups excluding carboxylic acids is 1. The number of fused-ring (bicyclic) bond motifs is 1. The minimum Gasteiger partial charge on any atom is -0.491 e. The van der Waals surface area contributed by atoms with Crippen LogP contribution >= 0.6 is 0 Å². The van der Waals surface area contributed by atoms with Crippen molar-refractivity contribution >= 4 is 6.03 Å². The van der Waals surface area contributed by atoms with Crippen molar-refractivity contribution in [3.8, 4) is 5.75 Å². The largest absolute Gasteiger partial charge is 0.491 e. The first-order valence-electron chi connectivity index (χ1n) is 7.18. The Labute approximate surface area is 118 Å². The van der Waals surface area contributed by atoms with Gasteiger partial charge in [-0.1, -0.05) is 18.2 Å². The van der Waals surface area contributed by atoms with Gasteiger partial charge in [-0.25, -0.2) is 4.79 Å². The average Bonchev–Trinajstić information content (AvgIpc) is 2.89. The SMILES string of the molecule is O=C(NC[C@@H]1CCCO1)N1CCOc2ccccc2C1. The maximum absolute atomic E-state index is 12.2. The van der Waals surface area contributed by atoms with Crippen molar-refractivity contribution in [2.75, 3.05) is 26.3 Å². The van der Waals surface area contributed by atoms with Gasteiger partial charge in [-0.05, 0) is 18.9 Å². The van der Waals surface area contributed by atoms with Crippen LogP contribution in [0.5, 0.6) is 5.75 Å². The van der Waals surface area contributed by atoms with Gasteiger partial charge in [0, 0.05) is 18.7 Å². The summed E-state index contributed by atoms with van der Waals surface area (Å²) in [6.07, 6.45) is 2.30. The normalized spacial score (nSPS) is 21.8. The molecule has 0 saturated carbocycles. The Kier molecular flexibility index (Phi) is 4.06. The van der Waals surface area contributed by atoms with E-state index in [0.29, 0.717) is 26.2 Å². The Morgan fingerprint density at radius 3 is 3.10 bits per heavy atom. The summed E-state index contributed by atoms with van der Waals surface area (Å²) in [5.74, 6) is 0.877. The van der Waals surface area contributed by atoms with E-state index >= 15 is 0 Å². The molecule has 2 heterocycles. The smallest absolute Gasteiger partial charge is 0.317 e. The van der Waals surface area contributed by atoms with E-state index in [-0.39, 0.29) is 12.1 Å². The van der Waals surface area contributed by atoms with Crippen molar-refractivity contribution in [1.29, 1.82) is 0 Å². The highest BCUT2D eigenvalue weighted by Crippen LogP contribution is 2.22. The Bertz CT molecular complexity index is 472. The van der Waals surface area contributed by atoms with Crippen molar-refractivity contribution in [2.45, 2.75) is 25.5 Å². The minimum absolute atomic E-state index is 0.0409. The summed E-state index contributed by atoms with van der Waals surface area (Å²) < 4.78 is 11.2. The van der Waals surface area contributed by atoms with Crippen molar-refractivity contribution in [3.63, 3.8) is 0 Å². The van der Waals surface area contributed by atoms with Crippen LogP contribution in [-0.2, 0) is 11.3 Å². The molecule has 0 aromatic heterocycles. The number of nitrogens with one attached hydrogen (secondary N) is 1. The molecular formula is C15H20N2O3. The van der Waals surface area contributed by atoms with Crippen LogP contribution in [0, 0.1) is 0 Å². The maximum atomic E-state index is 12.2. The van der Waals surface area contributed by atoms with Crippen molar-refractivity contribution in [1.82, 2.24) is 10.2 Å². The number of hydrogen-bond donors (Lipinski definition) is 1. The molecule has 2 amide bonds. The van der Waals surface area contributed by atoms with Gasteiger partial charge in [-0.2, -0.15) is 0 Å². The van der Waals surface area contributed by atoms with Crippen molar-refractivity contribution in [2.24, 2.45) is 0 Å². The predicted octanol–water partition coefficient (Wildman–Crippen LogP) is 1.77. The Hall–Kier alpha value is -1.75. The molecule has 1 aromatic rings. The first kappa shape index (κ1) is 13.2. The molecule has 1 aromatic carbocycles. The van der Waals surface area contributed by atoms with Crippen LogP contribution in [0.25, 0.3) is 0 Å². The number of hydrogen-bond acceptors (Lipinski definition) is 3. The molecule has 1 fully saturated rings. The van der Waals surface area contributed by atoms with Gasteiger partial charge in [0.1, 0.15) is 12.4 Å². The lowest BCUT2D eigenvalue weighted by atomic mass is 10.2. The Morgan fingerprint density at radius 2 is 2.25 bits per heavy atom. The van der Waals surface area contributed by atoms with Gasteiger partial charge in [0.2, 0.25) is 0 Å². The summed E-state index contributed by atoms with van der Waals surface area (Å²) in [5.41, 5.74) is 1.05. The van der Waals surface area contributed by atoms with E-state index in [4.69, 9.17) is 9.47 Å². The van der Waals surface area contributed by atoms with E-state index < -0.39 is 0 Å². The number of nitrogens with zero attached hydrogens (tertiary/aromatic N) is 1. The van der Waals surface area contributed by atoms with Crippen molar-refractivity contribution in [3.05, 3.63) is 29.8 Å². The number of urea groups is 1. The fraction of sp³-hybridized carbons (Fsp3) is 0.533. The third-order valence-electron chi connectivity index (χ3n) is 3.74. The van der Waals surface area contributed by atoms with Crippen LogP contribution in [-0.4, -0.2) is 43.3 Å². The molecule has 0 spiro atoms. The van der Waals surface area contributed by atoms with Crippen LogP contribution in [0.15, 0.2) is 24.3 Å². The summed E-state index contributed by atoms with van der Waals surface area (Å²) in [5, 5.41) is 2.96. The molecule has 5 heteroatoms. The van der Waals surface area contributed by atoms with Crippen LogP contribution in [0.3, 0.4) is 0 Å². The molecule has 108 valence electrons. The topological polar surface area (TPSA) is 50.8 Å². The Morgan fingerprint density at radius 1 is 1.35 bits per heavy atom. The third-order valence-corrected chi connectivity index (χ3v) is 3.74. The molecule has 1 atom stereocenters. The molecule has 0 bridgehead atoms. The molecule has 2 aliphatic heterocycles. The average molecular weight is 276 g/mol. The van der Waals surface area contributed by atoms with Crippen LogP contribution < -0.4 is 10.1 Å². The lowest BCUT2D eigenvalue weighted by Crippen LogP contribution is -2.43. The number of benzene rings is 1. The molecule has 1 N–H and O–H groups in total. The van der Waals surface area contributed by atoms with Gasteiger partial charge < -0.3 is 19.7 Å². The maximum Gasteiger partial charge on any atom is 0.317 e. The van der Waals surface area contributed by atoms with Crippen molar-refractivity contribution < 1.29 is 14.3 Å². The third kappa shape index (κ3) is 3.04. The first-order valence-corrected chi connectivity index (χ1v) is 7.18. The quantitative estimate of drug-likeness (QED) is 0.895. The summed E-state index contributed by atoms with van der Waals surface area (Å²) in [4.78, 5) is 14.0. The molecular weight excluding hydrogens is 256 g/mol. The number of rotatable bonds is 2. The number of para-hydroxylation sites is 1. The molecule has 20 heavy (non-hydrogen) atoms. The van der Waals surface area contributed by atoms with Gasteiger partial charge >= 0.3 is 6.03 Å². The molecule has 2 aliphatic rings. The summed E-state index contributed by atoms with van der Waals surface area (Å²) in [6.45, 7) is 3.13. The zero-order valence-corrected chi connectivity index (χ0v) is 11.5. The Balaban J connectivity index is 1.57. The van der Waals surface area contributed by atoms with Gasteiger partial charge in [-0.3, -0.25) is 0 Å². The highest BCUT2D eigenvalue weighted by atomic mass is 16.5. The molecule has 1 saturated heterocycles. The van der Waals surface area contributed by atoms with E-state index in [1.807, 2.05) is 24.3 Å². The fourth-order valence-electron chi connectivity index (χ4n) is 2.62. The van der Waals surface area contributed by atoms with E-state index in [9.17, 15) is 4.79 Å². The van der Waals surface area contributed by atoms with E-state index in [1.54, 1.807) is 4.90 Å². The van der Waals surface area contributed by atoms with Crippen LogP contribution in [0.2, 0.25) is 0 Å². The first-order chi connectivity index (χ1) is 9.83. The molecule has 0 unspecified atom stereocenters. The fourth-order valence-corrected chi connectivity index (χ4v) is 2.62. The number of amides is 2. The zero-order valence-electron chi connectivity index (χ0n) is 11.5. The summed E-state index contributed by atoms with van der Waals surface area (Å²) >= 11 is 0. The van der Waals surface area contributed by atoms with Gasteiger partial charge in [0.05, 0.1) is 19.2 Å². The van der Waals surface area contributed by atoms with Gasteiger partial charge in [-0.15, -0.1) is 0 Å². The number of ether oxygens (including phenoxy) is 2. The second kappa shape index (κ2) is 6.13. The van der Waals surface area contributed by atoms with Gasteiger partial charge in [0.25, 0.3) is 0 Å². The standard InChI is InChI=1S/C15H20N2O3/c18-15(16-10-13-5-3-8-19-13)17-7-9-20-14-6-2-1-4-12(14)11-17/h1-2,4,6,13H,3,5,7-11H2,(H,16,18)/t13-/m0/s1. The highest BCUT2D eigenvalue weighted by Gasteiger charge is 2.21. The van der Waals surface area contributed by atoms with Gasteiger partial charge in [0.15, 0.2) is 0 Å². The highest BCUT2D eigenvalue weighted by molar-refractivity contribution is 5.74. The van der Waals surface area contributed by atoms with Crippen LogP contribution in [0.1, 0.15) is 18.4 Å². The van der Waals surface area contributed by atoms with Crippen LogP contribution in [0.4, 0.5) is 4.79 Å². The molecule has 5 nitrogen and oxygen atoms in total. The molecule has 3 rings (SSSR count). The van der Waals surface area contributed by atoms with E-state index in [2.05, 4.69) is 5.32 Å². The van der Waals surface area contributed by atoms with E-state index in [0.717, 1.165) is 30.8 Å². The summed E-state index contributed by atoms with van der Waals surface area (Å²) in [6, 6.07) is 7.83.